The summed E-state index contributed by atoms with van der Waals surface area (Å²) in [6, 6.07) is 7.13. The fourth-order valence-electron chi connectivity index (χ4n) is 2.02. The van der Waals surface area contributed by atoms with E-state index in [1.165, 1.54) is 6.08 Å². The molecule has 1 aliphatic rings. The SMILES string of the molecule is O=C(O)C=CCC(=O)Nc1cccc(CN2CCOC2=O)c1. The van der Waals surface area contributed by atoms with Crippen molar-refractivity contribution in [1.29, 1.82) is 0 Å². The number of anilines is 1. The summed E-state index contributed by atoms with van der Waals surface area (Å²) >= 11 is 0. The number of aliphatic carboxylic acids is 1. The predicted molar refractivity (Wildman–Crippen MR) is 78.2 cm³/mol. The molecule has 0 unspecified atom stereocenters. The summed E-state index contributed by atoms with van der Waals surface area (Å²) < 4.78 is 4.86. The summed E-state index contributed by atoms with van der Waals surface area (Å²) in [5.74, 6) is -1.40. The first-order chi connectivity index (χ1) is 10.5. The molecule has 0 atom stereocenters. The molecule has 1 aromatic rings. The van der Waals surface area contributed by atoms with Gasteiger partial charge in [-0.1, -0.05) is 18.2 Å². The molecule has 1 heterocycles. The van der Waals surface area contributed by atoms with Crippen molar-refractivity contribution in [1.82, 2.24) is 4.90 Å². The largest absolute Gasteiger partial charge is 0.478 e. The first kappa shape index (κ1) is 15.6. The molecule has 0 aliphatic carbocycles. The number of amides is 2. The molecule has 7 heteroatoms. The minimum Gasteiger partial charge on any atom is -0.478 e. The molecule has 116 valence electrons. The molecule has 2 amide bonds. The molecule has 2 rings (SSSR count). The van der Waals surface area contributed by atoms with E-state index >= 15 is 0 Å². The number of carbonyl (C=O) groups is 3. The van der Waals surface area contributed by atoms with Gasteiger partial charge in [-0.05, 0) is 17.7 Å². The Morgan fingerprint density at radius 2 is 2.23 bits per heavy atom. The van der Waals surface area contributed by atoms with Crippen LogP contribution in [-0.4, -0.2) is 41.1 Å². The average Bonchev–Trinajstić information content (AvgIpc) is 2.84. The van der Waals surface area contributed by atoms with Gasteiger partial charge in [-0.3, -0.25) is 4.79 Å². The van der Waals surface area contributed by atoms with E-state index in [-0.39, 0.29) is 18.4 Å². The summed E-state index contributed by atoms with van der Waals surface area (Å²) in [5, 5.41) is 11.1. The molecule has 7 nitrogen and oxygen atoms in total. The zero-order chi connectivity index (χ0) is 15.9. The average molecular weight is 304 g/mol. The van der Waals surface area contributed by atoms with Crippen LogP contribution in [0.25, 0.3) is 0 Å². The van der Waals surface area contributed by atoms with E-state index in [2.05, 4.69) is 5.32 Å². The highest BCUT2D eigenvalue weighted by molar-refractivity contribution is 5.92. The molecule has 1 aromatic carbocycles. The Labute approximate surface area is 127 Å². The van der Waals surface area contributed by atoms with Crippen LogP contribution in [0.4, 0.5) is 10.5 Å². The Kier molecular flexibility index (Phi) is 5.13. The van der Waals surface area contributed by atoms with Gasteiger partial charge < -0.3 is 20.1 Å². The molecule has 1 aliphatic heterocycles. The number of hydrogen-bond acceptors (Lipinski definition) is 4. The highest BCUT2D eigenvalue weighted by Gasteiger charge is 2.21. The zero-order valence-corrected chi connectivity index (χ0v) is 11.8. The van der Waals surface area contributed by atoms with Gasteiger partial charge in [-0.15, -0.1) is 0 Å². The number of benzene rings is 1. The monoisotopic (exact) mass is 304 g/mol. The number of nitrogens with one attached hydrogen (secondary N) is 1. The van der Waals surface area contributed by atoms with Crippen molar-refractivity contribution in [3.05, 3.63) is 42.0 Å². The molecule has 0 spiro atoms. The molecule has 1 fully saturated rings. The van der Waals surface area contributed by atoms with Gasteiger partial charge in [0, 0.05) is 24.7 Å². The predicted octanol–water partition coefficient (Wildman–Crippen LogP) is 1.61. The van der Waals surface area contributed by atoms with Gasteiger partial charge in [0.05, 0.1) is 6.54 Å². The van der Waals surface area contributed by atoms with E-state index in [0.717, 1.165) is 11.6 Å². The Hall–Kier alpha value is -2.83. The lowest BCUT2D eigenvalue weighted by atomic mass is 10.2. The number of rotatable bonds is 6. The van der Waals surface area contributed by atoms with Gasteiger partial charge in [0.2, 0.25) is 5.91 Å². The fourth-order valence-corrected chi connectivity index (χ4v) is 2.02. The maximum atomic E-state index is 11.7. The van der Waals surface area contributed by atoms with E-state index in [9.17, 15) is 14.4 Å². The highest BCUT2D eigenvalue weighted by Crippen LogP contribution is 2.15. The van der Waals surface area contributed by atoms with Crippen molar-refractivity contribution < 1.29 is 24.2 Å². The summed E-state index contributed by atoms with van der Waals surface area (Å²) in [5.41, 5.74) is 1.47. The molecule has 22 heavy (non-hydrogen) atoms. The summed E-state index contributed by atoms with van der Waals surface area (Å²) in [6.07, 6.45) is 1.85. The maximum Gasteiger partial charge on any atom is 0.410 e. The number of ether oxygens (including phenoxy) is 1. The summed E-state index contributed by atoms with van der Waals surface area (Å²) in [4.78, 5) is 34.9. The minimum absolute atomic E-state index is 0.0189. The Balaban J connectivity index is 1.92. The van der Waals surface area contributed by atoms with Gasteiger partial charge in [0.1, 0.15) is 6.61 Å². The third-order valence-corrected chi connectivity index (χ3v) is 2.99. The normalized spacial score (nSPS) is 14.2. The molecule has 0 aromatic heterocycles. The second-order valence-corrected chi connectivity index (χ2v) is 4.73. The Morgan fingerprint density at radius 3 is 2.91 bits per heavy atom. The van der Waals surface area contributed by atoms with E-state index in [1.54, 1.807) is 23.1 Å². The van der Waals surface area contributed by atoms with E-state index in [1.807, 2.05) is 6.07 Å². The van der Waals surface area contributed by atoms with Crippen LogP contribution in [0.2, 0.25) is 0 Å². The van der Waals surface area contributed by atoms with Crippen molar-refractivity contribution in [3.63, 3.8) is 0 Å². The molecule has 1 saturated heterocycles. The molecule has 0 bridgehead atoms. The second kappa shape index (κ2) is 7.26. The summed E-state index contributed by atoms with van der Waals surface area (Å²) in [7, 11) is 0. The van der Waals surface area contributed by atoms with E-state index < -0.39 is 5.97 Å². The maximum absolute atomic E-state index is 11.7. The number of cyclic esters (lactones) is 1. The number of carboxylic acid groups (broad SMARTS) is 1. The number of nitrogens with zero attached hydrogens (tertiary/aromatic N) is 1. The van der Waals surface area contributed by atoms with Crippen LogP contribution in [0, 0.1) is 0 Å². The van der Waals surface area contributed by atoms with Gasteiger partial charge in [0.15, 0.2) is 0 Å². The molecule has 2 N–H and O–H groups in total. The minimum atomic E-state index is -1.09. The van der Waals surface area contributed by atoms with Crippen molar-refractivity contribution >= 4 is 23.7 Å². The third-order valence-electron chi connectivity index (χ3n) is 2.99. The lowest BCUT2D eigenvalue weighted by Gasteiger charge is -2.13. The smallest absolute Gasteiger partial charge is 0.410 e. The standard InChI is InChI=1S/C15H16N2O5/c18-13(5-2-6-14(19)20)16-12-4-1-3-11(9-12)10-17-7-8-22-15(17)21/h1-4,6,9H,5,7-8,10H2,(H,16,18)(H,19,20). The number of carboxylic acids is 1. The van der Waals surface area contributed by atoms with E-state index in [0.29, 0.717) is 25.4 Å². The lowest BCUT2D eigenvalue weighted by molar-refractivity contribution is -0.131. The van der Waals surface area contributed by atoms with Crippen molar-refractivity contribution in [2.75, 3.05) is 18.5 Å². The second-order valence-electron chi connectivity index (χ2n) is 4.73. The molecule has 0 saturated carbocycles. The molecular formula is C15H16N2O5. The van der Waals surface area contributed by atoms with Gasteiger partial charge >= 0.3 is 12.1 Å². The van der Waals surface area contributed by atoms with Gasteiger partial charge in [0.25, 0.3) is 0 Å². The fraction of sp³-hybridized carbons (Fsp3) is 0.267. The van der Waals surface area contributed by atoms with Crippen LogP contribution >= 0.6 is 0 Å². The zero-order valence-electron chi connectivity index (χ0n) is 11.8. The van der Waals surface area contributed by atoms with Crippen molar-refractivity contribution in [2.24, 2.45) is 0 Å². The van der Waals surface area contributed by atoms with Crippen LogP contribution in [0.5, 0.6) is 0 Å². The van der Waals surface area contributed by atoms with Crippen LogP contribution in [0.1, 0.15) is 12.0 Å². The van der Waals surface area contributed by atoms with Crippen LogP contribution < -0.4 is 5.32 Å². The molecular weight excluding hydrogens is 288 g/mol. The lowest BCUT2D eigenvalue weighted by Crippen LogP contribution is -2.23. The quantitative estimate of drug-likeness (QED) is 0.778. The van der Waals surface area contributed by atoms with Gasteiger partial charge in [-0.2, -0.15) is 0 Å². The van der Waals surface area contributed by atoms with Crippen LogP contribution in [0.15, 0.2) is 36.4 Å². The van der Waals surface area contributed by atoms with Crippen LogP contribution in [0.3, 0.4) is 0 Å². The van der Waals surface area contributed by atoms with Crippen molar-refractivity contribution in [3.8, 4) is 0 Å². The molecule has 0 radical (unpaired) electrons. The summed E-state index contributed by atoms with van der Waals surface area (Å²) in [6.45, 7) is 1.36. The first-order valence-corrected chi connectivity index (χ1v) is 6.74. The highest BCUT2D eigenvalue weighted by atomic mass is 16.6. The van der Waals surface area contributed by atoms with Crippen molar-refractivity contribution in [2.45, 2.75) is 13.0 Å². The van der Waals surface area contributed by atoms with E-state index in [4.69, 9.17) is 9.84 Å². The number of carbonyl (C=O) groups excluding carboxylic acids is 2. The Bertz CT molecular complexity index is 612. The third kappa shape index (κ3) is 4.62. The van der Waals surface area contributed by atoms with Crippen LogP contribution in [-0.2, 0) is 20.9 Å². The number of hydrogen-bond donors (Lipinski definition) is 2. The topological polar surface area (TPSA) is 95.9 Å². The Morgan fingerprint density at radius 1 is 1.41 bits per heavy atom. The van der Waals surface area contributed by atoms with Gasteiger partial charge in [-0.25, -0.2) is 9.59 Å². The first-order valence-electron chi connectivity index (χ1n) is 6.74.